The molecule has 0 aromatic carbocycles. The van der Waals surface area contributed by atoms with Crippen LogP contribution in [0.1, 0.15) is 56.3 Å². The van der Waals surface area contributed by atoms with Gasteiger partial charge in [0, 0.05) is 32.1 Å². The molecule has 0 amide bonds. The van der Waals surface area contributed by atoms with Gasteiger partial charge < -0.3 is 9.84 Å². The number of aryl methyl sites for hydroxylation is 1. The van der Waals surface area contributed by atoms with Gasteiger partial charge in [-0.15, -0.1) is 11.7 Å². The monoisotopic (exact) mass is 364 g/mol. The molecule has 1 unspecified atom stereocenters. The van der Waals surface area contributed by atoms with E-state index in [1.54, 1.807) is 0 Å². The summed E-state index contributed by atoms with van der Waals surface area (Å²) in [4.78, 5) is 10.9. The summed E-state index contributed by atoms with van der Waals surface area (Å²) in [5.74, 6) is 1.23. The van der Waals surface area contributed by atoms with Gasteiger partial charge in [-0.2, -0.15) is 0 Å². The molecular weight excluding hydrogens is 332 g/mol. The Kier molecular flexibility index (Phi) is 8.77. The van der Waals surface area contributed by atoms with E-state index in [0.29, 0.717) is 12.5 Å². The quantitative estimate of drug-likeness (QED) is 0.455. The lowest BCUT2D eigenvalue weighted by atomic mass is 9.88. The Morgan fingerprint density at radius 2 is 2.08 bits per heavy atom. The number of fused-ring (bicyclic) bond motifs is 1. The molecule has 1 aromatic heterocycles. The van der Waals surface area contributed by atoms with Crippen molar-refractivity contribution >= 4 is 6.47 Å². The second kappa shape index (κ2) is 11.1. The normalized spacial score (nSPS) is 20.7. The van der Waals surface area contributed by atoms with E-state index < -0.39 is 0 Å². The van der Waals surface area contributed by atoms with Crippen LogP contribution in [-0.2, 0) is 22.6 Å². The van der Waals surface area contributed by atoms with Crippen molar-refractivity contribution in [1.82, 2.24) is 19.9 Å². The smallest absolute Gasteiger partial charge is 0.290 e. The highest BCUT2D eigenvalue weighted by molar-refractivity contribution is 5.32. The lowest BCUT2D eigenvalue weighted by Gasteiger charge is -2.35. The van der Waals surface area contributed by atoms with Crippen molar-refractivity contribution in [1.29, 1.82) is 0 Å². The Balaban J connectivity index is 0.000000758. The van der Waals surface area contributed by atoms with E-state index >= 15 is 0 Å². The number of carboxylic acid groups (broad SMARTS) is 1. The zero-order valence-electron chi connectivity index (χ0n) is 15.8. The molecule has 7 nitrogen and oxygen atoms in total. The molecule has 3 rings (SSSR count). The van der Waals surface area contributed by atoms with Crippen molar-refractivity contribution in [2.45, 2.75) is 58.0 Å². The Hall–Kier alpha value is -1.73. The van der Waals surface area contributed by atoms with Crippen molar-refractivity contribution in [3.63, 3.8) is 0 Å². The molecular formula is C19H32N4O3. The Morgan fingerprint density at radius 1 is 1.35 bits per heavy atom. The summed E-state index contributed by atoms with van der Waals surface area (Å²) in [5.41, 5.74) is 2.44. The zero-order chi connectivity index (χ0) is 18.8. The second-order valence-electron chi connectivity index (χ2n) is 7.06. The third-order valence-corrected chi connectivity index (χ3v) is 5.18. The van der Waals surface area contributed by atoms with Crippen molar-refractivity contribution in [2.75, 3.05) is 26.3 Å². The maximum atomic E-state index is 8.36. The predicted octanol–water partition coefficient (Wildman–Crippen LogP) is 2.68. The van der Waals surface area contributed by atoms with Crippen molar-refractivity contribution < 1.29 is 14.6 Å². The summed E-state index contributed by atoms with van der Waals surface area (Å²) in [6.45, 7) is 11.1. The van der Waals surface area contributed by atoms with E-state index in [9.17, 15) is 0 Å². The number of aromatic nitrogens is 3. The fourth-order valence-corrected chi connectivity index (χ4v) is 4.12. The average molecular weight is 364 g/mol. The maximum Gasteiger partial charge on any atom is 0.290 e. The van der Waals surface area contributed by atoms with E-state index in [0.717, 1.165) is 37.9 Å². The molecule has 7 heteroatoms. The van der Waals surface area contributed by atoms with E-state index in [2.05, 4.69) is 33.4 Å². The van der Waals surface area contributed by atoms with Crippen molar-refractivity contribution in [2.24, 2.45) is 5.92 Å². The van der Waals surface area contributed by atoms with E-state index in [4.69, 9.17) is 14.6 Å². The van der Waals surface area contributed by atoms with Crippen LogP contribution in [0.15, 0.2) is 12.7 Å². The van der Waals surface area contributed by atoms with Gasteiger partial charge in [-0.3, -0.25) is 9.69 Å². The summed E-state index contributed by atoms with van der Waals surface area (Å²) >= 11 is 0. The summed E-state index contributed by atoms with van der Waals surface area (Å²) < 4.78 is 7.82. The Bertz CT molecular complexity index is 555. The van der Waals surface area contributed by atoms with E-state index in [1.807, 2.05) is 6.08 Å². The SMILES string of the molecule is C=CCOCC1CN(CC2CCCCC2)Cc2nnn(CC)c21.O=CO. The van der Waals surface area contributed by atoms with Crippen LogP contribution < -0.4 is 0 Å². The highest BCUT2D eigenvalue weighted by Gasteiger charge is 2.31. The molecule has 1 aromatic rings. The van der Waals surface area contributed by atoms with Gasteiger partial charge in [-0.1, -0.05) is 30.6 Å². The largest absolute Gasteiger partial charge is 0.483 e. The van der Waals surface area contributed by atoms with Crippen LogP contribution in [0.2, 0.25) is 0 Å². The molecule has 1 fully saturated rings. The average Bonchev–Trinajstić information content (AvgIpc) is 3.07. The molecule has 0 radical (unpaired) electrons. The van der Waals surface area contributed by atoms with Gasteiger partial charge in [0.1, 0.15) is 5.69 Å². The van der Waals surface area contributed by atoms with Crippen LogP contribution in [-0.4, -0.2) is 57.8 Å². The molecule has 0 bridgehead atoms. The summed E-state index contributed by atoms with van der Waals surface area (Å²) in [6, 6.07) is 0. The number of carbonyl (C=O) groups is 1. The van der Waals surface area contributed by atoms with Crippen LogP contribution in [0, 0.1) is 5.92 Å². The number of rotatable bonds is 7. The van der Waals surface area contributed by atoms with Gasteiger partial charge in [-0.05, 0) is 25.7 Å². The molecule has 1 N–H and O–H groups in total. The third kappa shape index (κ3) is 5.64. The third-order valence-electron chi connectivity index (χ3n) is 5.18. The fourth-order valence-electron chi connectivity index (χ4n) is 4.12. The predicted molar refractivity (Wildman–Crippen MR) is 100.0 cm³/mol. The minimum atomic E-state index is -0.250. The number of hydrogen-bond donors (Lipinski definition) is 1. The van der Waals surface area contributed by atoms with Gasteiger partial charge in [-0.25, -0.2) is 4.68 Å². The topological polar surface area (TPSA) is 80.5 Å². The molecule has 2 aliphatic rings. The van der Waals surface area contributed by atoms with Crippen LogP contribution in [0.3, 0.4) is 0 Å². The molecule has 1 atom stereocenters. The number of nitrogens with zero attached hydrogens (tertiary/aromatic N) is 4. The minimum absolute atomic E-state index is 0.250. The minimum Gasteiger partial charge on any atom is -0.483 e. The molecule has 1 aliphatic heterocycles. The van der Waals surface area contributed by atoms with E-state index in [1.165, 1.54) is 44.3 Å². The van der Waals surface area contributed by atoms with Crippen LogP contribution in [0.25, 0.3) is 0 Å². The first-order valence-corrected chi connectivity index (χ1v) is 9.64. The summed E-state index contributed by atoms with van der Waals surface area (Å²) in [6.07, 6.45) is 8.83. The molecule has 146 valence electrons. The van der Waals surface area contributed by atoms with Crippen molar-refractivity contribution in [3.05, 3.63) is 24.0 Å². The van der Waals surface area contributed by atoms with Gasteiger partial charge >= 0.3 is 0 Å². The summed E-state index contributed by atoms with van der Waals surface area (Å²) in [7, 11) is 0. The van der Waals surface area contributed by atoms with Crippen LogP contribution >= 0.6 is 0 Å². The molecule has 1 saturated carbocycles. The fraction of sp³-hybridized carbons (Fsp3) is 0.737. The van der Waals surface area contributed by atoms with Gasteiger partial charge in [0.25, 0.3) is 6.47 Å². The van der Waals surface area contributed by atoms with Crippen LogP contribution in [0.5, 0.6) is 0 Å². The van der Waals surface area contributed by atoms with Gasteiger partial charge in [0.05, 0.1) is 18.9 Å². The molecule has 26 heavy (non-hydrogen) atoms. The first kappa shape index (κ1) is 20.6. The maximum absolute atomic E-state index is 8.36. The second-order valence-corrected chi connectivity index (χ2v) is 7.06. The first-order valence-electron chi connectivity index (χ1n) is 9.64. The highest BCUT2D eigenvalue weighted by atomic mass is 16.5. The van der Waals surface area contributed by atoms with E-state index in [-0.39, 0.29) is 6.47 Å². The standard InChI is InChI=1S/C18H30N4O.CH2O2/c1-3-10-23-14-16-12-21(11-15-8-6-5-7-9-15)13-17-18(16)22(4-2)20-19-17;2-1-3/h3,15-16H,1,4-14H2,2H3;1H,(H,2,3). The number of hydrogen-bond acceptors (Lipinski definition) is 5. The molecule has 2 heterocycles. The summed E-state index contributed by atoms with van der Waals surface area (Å²) in [5, 5.41) is 15.7. The highest BCUT2D eigenvalue weighted by Crippen LogP contribution is 2.30. The molecule has 0 spiro atoms. The van der Waals surface area contributed by atoms with Crippen LogP contribution in [0.4, 0.5) is 0 Å². The zero-order valence-corrected chi connectivity index (χ0v) is 15.8. The van der Waals surface area contributed by atoms with Crippen molar-refractivity contribution in [3.8, 4) is 0 Å². The van der Waals surface area contributed by atoms with Gasteiger partial charge in [0.15, 0.2) is 0 Å². The van der Waals surface area contributed by atoms with Gasteiger partial charge in [0.2, 0.25) is 0 Å². The molecule has 1 aliphatic carbocycles. The Labute approximate surface area is 156 Å². The lowest BCUT2D eigenvalue weighted by molar-refractivity contribution is -0.122. The Morgan fingerprint density at radius 3 is 2.73 bits per heavy atom. The first-order chi connectivity index (χ1) is 12.7. The number of ether oxygens (including phenoxy) is 1. The molecule has 0 saturated heterocycles. The lowest BCUT2D eigenvalue weighted by Crippen LogP contribution is -2.39.